The first-order valence-electron chi connectivity index (χ1n) is 14.9. The molecule has 0 saturated carbocycles. The van der Waals surface area contributed by atoms with Crippen molar-refractivity contribution in [3.63, 3.8) is 0 Å². The molecule has 0 radical (unpaired) electrons. The van der Waals surface area contributed by atoms with E-state index < -0.39 is 11.9 Å². The quantitative estimate of drug-likeness (QED) is 0.0445. The van der Waals surface area contributed by atoms with Gasteiger partial charge in [-0.2, -0.15) is 0 Å². The van der Waals surface area contributed by atoms with Crippen LogP contribution in [0.2, 0.25) is 5.02 Å². The van der Waals surface area contributed by atoms with Gasteiger partial charge in [0.1, 0.15) is 16.2 Å². The van der Waals surface area contributed by atoms with Crippen molar-refractivity contribution in [2.75, 3.05) is 52.5 Å². The van der Waals surface area contributed by atoms with Gasteiger partial charge in [-0.3, -0.25) is 19.4 Å². The van der Waals surface area contributed by atoms with E-state index in [-0.39, 0.29) is 25.5 Å². The second-order valence-corrected chi connectivity index (χ2v) is 13.9. The summed E-state index contributed by atoms with van der Waals surface area (Å²) >= 11 is 11.3. The van der Waals surface area contributed by atoms with Crippen LogP contribution in [0.25, 0.3) is 10.4 Å². The van der Waals surface area contributed by atoms with E-state index in [9.17, 15) is 9.59 Å². The van der Waals surface area contributed by atoms with E-state index in [1.54, 1.807) is 32.8 Å². The van der Waals surface area contributed by atoms with Gasteiger partial charge < -0.3 is 14.2 Å². The Labute approximate surface area is 281 Å². The van der Waals surface area contributed by atoms with Crippen molar-refractivity contribution in [2.45, 2.75) is 18.9 Å². The van der Waals surface area contributed by atoms with Crippen molar-refractivity contribution in [3.8, 4) is 16.2 Å². The molecule has 0 N–H and O–H groups in total. The molecule has 1 unspecified atom stereocenters. The number of benzene rings is 3. The molecule has 2 heterocycles. The van der Waals surface area contributed by atoms with Crippen LogP contribution in [0.5, 0.6) is 5.75 Å². The van der Waals surface area contributed by atoms with Gasteiger partial charge in [0.2, 0.25) is 0 Å². The number of rotatable bonds is 14. The van der Waals surface area contributed by atoms with Crippen LogP contribution >= 0.6 is 44.5 Å². The number of halogens is 1. The molecule has 1 aromatic heterocycles. The number of ether oxygens (including phenoxy) is 3. The van der Waals surface area contributed by atoms with Crippen LogP contribution in [0.1, 0.15) is 30.0 Å². The van der Waals surface area contributed by atoms with Crippen LogP contribution in [0.3, 0.4) is 0 Å². The van der Waals surface area contributed by atoms with E-state index in [1.807, 2.05) is 36.4 Å². The maximum Gasteiger partial charge on any atom is 0.311 e. The van der Waals surface area contributed by atoms with E-state index >= 15 is 0 Å². The Morgan fingerprint density at radius 3 is 2.18 bits per heavy atom. The molecule has 0 amide bonds. The summed E-state index contributed by atoms with van der Waals surface area (Å²) in [5.41, 5.74) is 3.53. The third-order valence-electron chi connectivity index (χ3n) is 7.48. The number of hydrogen-bond donors (Lipinski definition) is 0. The predicted octanol–water partition coefficient (Wildman–Crippen LogP) is 7.51. The Hall–Kier alpha value is -2.96. The summed E-state index contributed by atoms with van der Waals surface area (Å²) < 4.78 is 17.1. The van der Waals surface area contributed by atoms with E-state index in [0.29, 0.717) is 19.0 Å². The minimum atomic E-state index is -0.481. The Bertz CT molecular complexity index is 1570. The van der Waals surface area contributed by atoms with Crippen LogP contribution in [0, 0.1) is 3.82 Å². The van der Waals surface area contributed by atoms with Crippen molar-refractivity contribution in [2.24, 2.45) is 0 Å². The summed E-state index contributed by atoms with van der Waals surface area (Å²) in [6.45, 7) is 5.61. The highest BCUT2D eigenvalue weighted by Crippen LogP contribution is 2.31. The van der Waals surface area contributed by atoms with Gasteiger partial charge in [-0.05, 0) is 59.2 Å². The van der Waals surface area contributed by atoms with Gasteiger partial charge >= 0.3 is 11.9 Å². The Kier molecular flexibility index (Phi) is 12.7. The summed E-state index contributed by atoms with van der Waals surface area (Å²) in [7, 11) is 3.16. The topological polar surface area (TPSA) is 68.3 Å². The molecule has 11 heteroatoms. The van der Waals surface area contributed by atoms with E-state index in [1.165, 1.54) is 11.1 Å². The molecule has 1 atom stereocenters. The molecule has 0 spiro atoms. The highest BCUT2D eigenvalue weighted by molar-refractivity contribution is 7.80. The normalized spacial score (nSPS) is 14.6. The average Bonchev–Trinajstić information content (AvgIpc) is 3.50. The van der Waals surface area contributed by atoms with E-state index in [4.69, 9.17) is 38.0 Å². The van der Waals surface area contributed by atoms with Gasteiger partial charge in [0, 0.05) is 42.6 Å². The van der Waals surface area contributed by atoms with Crippen molar-refractivity contribution in [1.29, 1.82) is 0 Å². The number of piperazine rings is 1. The minimum Gasteiger partial charge on any atom is -0.463 e. The zero-order valence-corrected chi connectivity index (χ0v) is 28.0. The van der Waals surface area contributed by atoms with Gasteiger partial charge in [0.05, 0.1) is 32.1 Å². The molecule has 45 heavy (non-hydrogen) atoms. The van der Waals surface area contributed by atoms with Gasteiger partial charge in [-0.15, -0.1) is 0 Å². The zero-order chi connectivity index (χ0) is 31.4. The van der Waals surface area contributed by atoms with Crippen LogP contribution in [0.15, 0.2) is 84.9 Å². The largest absolute Gasteiger partial charge is 0.463 e. The molecule has 0 bridgehead atoms. The lowest BCUT2D eigenvalue weighted by atomic mass is 9.96. The molecule has 0 aliphatic carbocycles. The Morgan fingerprint density at radius 1 is 0.800 bits per heavy atom. The molecule has 1 aliphatic heterocycles. The monoisotopic (exact) mass is 682 g/mol. The smallest absolute Gasteiger partial charge is 0.311 e. The highest BCUT2D eigenvalue weighted by Gasteiger charge is 2.26. The van der Waals surface area contributed by atoms with E-state index in [2.05, 4.69) is 46.2 Å². The van der Waals surface area contributed by atoms with Crippen molar-refractivity contribution < 1.29 is 23.8 Å². The van der Waals surface area contributed by atoms with Gasteiger partial charge in [0.25, 0.3) is 0 Å². The van der Waals surface area contributed by atoms with Crippen LogP contribution in [-0.2, 0) is 19.1 Å². The first kappa shape index (κ1) is 33.4. The first-order chi connectivity index (χ1) is 21.9. The van der Waals surface area contributed by atoms with Crippen LogP contribution in [-0.4, -0.2) is 74.3 Å². The van der Waals surface area contributed by atoms with Gasteiger partial charge in [-0.1, -0.05) is 87.0 Å². The van der Waals surface area contributed by atoms with Crippen molar-refractivity contribution in [3.05, 3.63) is 105 Å². The van der Waals surface area contributed by atoms with Crippen LogP contribution in [0.4, 0.5) is 0 Å². The summed E-state index contributed by atoms with van der Waals surface area (Å²) in [6.07, 6.45) is -0.0954. The van der Waals surface area contributed by atoms with Gasteiger partial charge in [0.15, 0.2) is 0 Å². The molecular formula is C34H35ClN2O5S3. The molecule has 1 fully saturated rings. The zero-order valence-electron chi connectivity index (χ0n) is 24.8. The van der Waals surface area contributed by atoms with Crippen molar-refractivity contribution >= 4 is 56.4 Å². The average molecular weight is 683 g/mol. The fourth-order valence-electron chi connectivity index (χ4n) is 5.17. The second kappa shape index (κ2) is 17.1. The lowest BCUT2D eigenvalue weighted by Gasteiger charge is -2.39. The maximum absolute atomic E-state index is 12.2. The third-order valence-corrected chi connectivity index (χ3v) is 10.6. The summed E-state index contributed by atoms with van der Waals surface area (Å²) in [6, 6.07) is 28.1. The molecule has 1 saturated heterocycles. The number of carbonyl (C=O) groups is 2. The number of carbonyl (C=O) groups excluding carboxylic acids is 2. The molecule has 7 nitrogen and oxygen atoms in total. The summed E-state index contributed by atoms with van der Waals surface area (Å²) in [4.78, 5) is 30.2. The number of esters is 2. The fourth-order valence-corrected chi connectivity index (χ4v) is 7.70. The highest BCUT2D eigenvalue weighted by atomic mass is 35.5. The molecule has 236 valence electrons. The third kappa shape index (κ3) is 10.3. The molecular weight excluding hydrogens is 648 g/mol. The SMILES string of the molecule is O=C(CCC(=O)Oc1ccc(-c2cc(=S)ss2)cc1)OCCOCCN1CCN(C(c2ccccc2)c2ccc(Cl)cc2)CC1. The number of nitrogens with zero attached hydrogens (tertiary/aromatic N) is 2. The Balaban J connectivity index is 0.939. The summed E-state index contributed by atoms with van der Waals surface area (Å²) in [5, 5.41) is 0.741. The first-order valence-corrected chi connectivity index (χ1v) is 17.8. The molecule has 3 aromatic carbocycles. The standard InChI is InChI=1S/C34H35ClN2O5S3/c35-28-10-6-27(7-11-28)34(26-4-2-1-3-5-26)37-18-16-36(17-19-37)20-21-40-22-23-41-31(38)14-15-32(39)42-29-12-8-25(9-13-29)30-24-33(43)45-44-30/h1-13,24,34H,14-23H2. The Morgan fingerprint density at radius 2 is 1.49 bits per heavy atom. The maximum atomic E-state index is 12.2. The predicted molar refractivity (Wildman–Crippen MR) is 183 cm³/mol. The molecule has 1 aliphatic rings. The number of hydrogen-bond acceptors (Lipinski definition) is 10. The van der Waals surface area contributed by atoms with Crippen molar-refractivity contribution in [1.82, 2.24) is 9.80 Å². The van der Waals surface area contributed by atoms with E-state index in [0.717, 1.165) is 52.0 Å². The molecule has 4 aromatic rings. The summed E-state index contributed by atoms with van der Waals surface area (Å²) in [5.74, 6) is -0.497. The van der Waals surface area contributed by atoms with Crippen LogP contribution < -0.4 is 4.74 Å². The lowest BCUT2D eigenvalue weighted by molar-refractivity contribution is -0.148. The lowest BCUT2D eigenvalue weighted by Crippen LogP contribution is -2.48. The molecule has 5 rings (SSSR count). The second-order valence-electron chi connectivity index (χ2n) is 10.6. The minimum absolute atomic E-state index is 0.0423. The fraction of sp³-hybridized carbons (Fsp3) is 0.324. The van der Waals surface area contributed by atoms with Gasteiger partial charge in [-0.25, -0.2) is 0 Å².